The average Bonchev–Trinajstić information content (AvgIpc) is 2.87. The van der Waals surface area contributed by atoms with Gasteiger partial charge in [0.2, 0.25) is 0 Å². The number of fused-ring (bicyclic) bond motifs is 1. The Morgan fingerprint density at radius 2 is 2.26 bits per heavy atom. The van der Waals surface area contributed by atoms with Gasteiger partial charge in [0.25, 0.3) is 0 Å². The summed E-state index contributed by atoms with van der Waals surface area (Å²) in [5.74, 6) is 0.932. The lowest BCUT2D eigenvalue weighted by atomic mass is 10.0. The lowest BCUT2D eigenvalue weighted by Crippen LogP contribution is -2.28. The second-order valence-electron chi connectivity index (χ2n) is 4.97. The second kappa shape index (κ2) is 5.45. The Morgan fingerprint density at radius 3 is 3.16 bits per heavy atom. The van der Waals surface area contributed by atoms with Crippen LogP contribution in [-0.4, -0.2) is 18.7 Å². The predicted molar refractivity (Wildman–Crippen MR) is 75.1 cm³/mol. The Morgan fingerprint density at radius 1 is 1.37 bits per heavy atom. The fourth-order valence-electron chi connectivity index (χ4n) is 2.66. The molecular weight excluding hydrogens is 238 g/mol. The zero-order valence-electron chi connectivity index (χ0n) is 11.2. The van der Waals surface area contributed by atoms with Crippen LogP contribution in [0.4, 0.5) is 5.69 Å². The van der Waals surface area contributed by atoms with Crippen molar-refractivity contribution in [1.82, 2.24) is 10.5 Å². The van der Waals surface area contributed by atoms with Gasteiger partial charge in [-0.15, -0.1) is 0 Å². The van der Waals surface area contributed by atoms with Gasteiger partial charge in [-0.25, -0.2) is 0 Å². The molecule has 1 aromatic carbocycles. The van der Waals surface area contributed by atoms with E-state index in [0.29, 0.717) is 0 Å². The highest BCUT2D eigenvalue weighted by atomic mass is 16.5. The number of aromatic nitrogens is 1. The maximum absolute atomic E-state index is 5.40. The summed E-state index contributed by atoms with van der Waals surface area (Å²) in [6.45, 7) is 2.63. The highest BCUT2D eigenvalue weighted by Crippen LogP contribution is 2.28. The summed E-state index contributed by atoms with van der Waals surface area (Å²) in [7, 11) is 1.91. The molecule has 0 aliphatic carbocycles. The Balaban J connectivity index is 1.76. The van der Waals surface area contributed by atoms with E-state index in [0.717, 1.165) is 31.1 Å². The third kappa shape index (κ3) is 2.63. The molecule has 100 valence electrons. The molecule has 4 heteroatoms. The molecule has 0 bridgehead atoms. The van der Waals surface area contributed by atoms with E-state index >= 15 is 0 Å². The average molecular weight is 257 g/mol. The van der Waals surface area contributed by atoms with Crippen LogP contribution >= 0.6 is 0 Å². The molecule has 0 amide bonds. The van der Waals surface area contributed by atoms with Gasteiger partial charge in [0.1, 0.15) is 0 Å². The number of nitrogens with zero attached hydrogens (tertiary/aromatic N) is 2. The lowest BCUT2D eigenvalue weighted by Gasteiger charge is -2.30. The third-order valence-corrected chi connectivity index (χ3v) is 3.52. The molecule has 0 saturated heterocycles. The molecule has 2 heterocycles. The first-order valence-corrected chi connectivity index (χ1v) is 6.79. The molecule has 2 aromatic rings. The van der Waals surface area contributed by atoms with Gasteiger partial charge in [0.05, 0.1) is 12.2 Å². The van der Waals surface area contributed by atoms with Gasteiger partial charge in [0.15, 0.2) is 5.76 Å². The van der Waals surface area contributed by atoms with Crippen LogP contribution < -0.4 is 10.2 Å². The summed E-state index contributed by atoms with van der Waals surface area (Å²) >= 11 is 0. The lowest BCUT2D eigenvalue weighted by molar-refractivity contribution is 0.373. The number of hydrogen-bond acceptors (Lipinski definition) is 4. The summed E-state index contributed by atoms with van der Waals surface area (Å²) < 4.78 is 5.40. The molecule has 0 spiro atoms. The summed E-state index contributed by atoms with van der Waals surface area (Å²) in [6.07, 6.45) is 2.38. The summed E-state index contributed by atoms with van der Waals surface area (Å²) in [4.78, 5) is 2.38. The van der Waals surface area contributed by atoms with Gasteiger partial charge >= 0.3 is 0 Å². The minimum atomic E-state index is 0.750. The first-order chi connectivity index (χ1) is 9.36. The van der Waals surface area contributed by atoms with E-state index in [1.807, 2.05) is 13.1 Å². The molecule has 4 nitrogen and oxygen atoms in total. The normalized spacial score (nSPS) is 14.5. The largest absolute Gasteiger partial charge is 0.364 e. The quantitative estimate of drug-likeness (QED) is 0.913. The first kappa shape index (κ1) is 12.2. The maximum Gasteiger partial charge on any atom is 0.156 e. The van der Waals surface area contributed by atoms with Gasteiger partial charge < -0.3 is 14.7 Å². The van der Waals surface area contributed by atoms with E-state index in [9.17, 15) is 0 Å². The van der Waals surface area contributed by atoms with Gasteiger partial charge in [-0.3, -0.25) is 0 Å². The number of nitrogens with one attached hydrogen (secondary N) is 1. The maximum atomic E-state index is 5.40. The van der Waals surface area contributed by atoms with Crippen LogP contribution in [0.25, 0.3) is 0 Å². The minimum absolute atomic E-state index is 0.750. The van der Waals surface area contributed by atoms with Crippen molar-refractivity contribution in [2.75, 3.05) is 18.5 Å². The van der Waals surface area contributed by atoms with Crippen molar-refractivity contribution in [2.45, 2.75) is 25.9 Å². The zero-order valence-corrected chi connectivity index (χ0v) is 11.2. The number of para-hydroxylation sites is 1. The molecule has 0 atom stereocenters. The second-order valence-corrected chi connectivity index (χ2v) is 4.97. The molecule has 1 N–H and O–H groups in total. The van der Waals surface area contributed by atoms with Crippen molar-refractivity contribution in [3.63, 3.8) is 0 Å². The highest BCUT2D eigenvalue weighted by molar-refractivity contribution is 5.55. The van der Waals surface area contributed by atoms with Crippen molar-refractivity contribution >= 4 is 5.69 Å². The molecule has 0 saturated carbocycles. The SMILES string of the molecule is CNCc1cc(CN2CCCc3ccccc32)on1. The summed E-state index contributed by atoms with van der Waals surface area (Å²) in [5, 5.41) is 7.14. The van der Waals surface area contributed by atoms with Crippen LogP contribution in [0.2, 0.25) is 0 Å². The Kier molecular flexibility index (Phi) is 3.51. The molecule has 0 fully saturated rings. The van der Waals surface area contributed by atoms with Crippen molar-refractivity contribution in [2.24, 2.45) is 0 Å². The van der Waals surface area contributed by atoms with Gasteiger partial charge in [-0.2, -0.15) is 0 Å². The van der Waals surface area contributed by atoms with Crippen LogP contribution in [0.3, 0.4) is 0 Å². The minimum Gasteiger partial charge on any atom is -0.364 e. The predicted octanol–water partition coefficient (Wildman–Crippen LogP) is 2.35. The molecule has 3 rings (SSSR count). The van der Waals surface area contributed by atoms with Gasteiger partial charge in [-0.1, -0.05) is 23.4 Å². The number of aryl methyl sites for hydroxylation is 1. The molecular formula is C15H19N3O. The van der Waals surface area contributed by atoms with E-state index < -0.39 is 0 Å². The van der Waals surface area contributed by atoms with E-state index in [-0.39, 0.29) is 0 Å². The van der Waals surface area contributed by atoms with E-state index in [2.05, 4.69) is 39.6 Å². The summed E-state index contributed by atoms with van der Waals surface area (Å²) in [5.41, 5.74) is 3.73. The van der Waals surface area contributed by atoms with Crippen molar-refractivity contribution in [1.29, 1.82) is 0 Å². The van der Waals surface area contributed by atoms with Crippen LogP contribution in [0.1, 0.15) is 23.4 Å². The molecule has 1 aliphatic heterocycles. The zero-order chi connectivity index (χ0) is 13.1. The number of hydrogen-bond donors (Lipinski definition) is 1. The smallest absolute Gasteiger partial charge is 0.156 e. The first-order valence-electron chi connectivity index (χ1n) is 6.79. The Labute approximate surface area is 113 Å². The van der Waals surface area contributed by atoms with Crippen LogP contribution in [-0.2, 0) is 19.5 Å². The van der Waals surface area contributed by atoms with Crippen LogP contribution in [0.5, 0.6) is 0 Å². The topological polar surface area (TPSA) is 41.3 Å². The van der Waals surface area contributed by atoms with Crippen LogP contribution in [0, 0.1) is 0 Å². The van der Waals surface area contributed by atoms with Gasteiger partial charge in [-0.05, 0) is 31.5 Å². The Bertz CT molecular complexity index is 550. The molecule has 19 heavy (non-hydrogen) atoms. The fraction of sp³-hybridized carbons (Fsp3) is 0.400. The van der Waals surface area contributed by atoms with Gasteiger partial charge in [0, 0.05) is 24.8 Å². The molecule has 0 radical (unpaired) electrons. The van der Waals surface area contributed by atoms with E-state index in [1.165, 1.54) is 24.1 Å². The number of anilines is 1. The van der Waals surface area contributed by atoms with Crippen molar-refractivity contribution < 1.29 is 4.52 Å². The van der Waals surface area contributed by atoms with Crippen molar-refractivity contribution in [3.05, 3.63) is 47.3 Å². The van der Waals surface area contributed by atoms with E-state index in [1.54, 1.807) is 0 Å². The molecule has 0 unspecified atom stereocenters. The summed E-state index contributed by atoms with van der Waals surface area (Å²) in [6, 6.07) is 10.7. The van der Waals surface area contributed by atoms with Crippen molar-refractivity contribution in [3.8, 4) is 0 Å². The standard InChI is InChI=1S/C15H19N3O/c1-16-10-13-9-14(19-17-13)11-18-8-4-6-12-5-2-3-7-15(12)18/h2-3,5,7,9,16H,4,6,8,10-11H2,1H3. The van der Waals surface area contributed by atoms with Crippen LogP contribution in [0.15, 0.2) is 34.9 Å². The van der Waals surface area contributed by atoms with E-state index in [4.69, 9.17) is 4.52 Å². The number of rotatable bonds is 4. The highest BCUT2D eigenvalue weighted by Gasteiger charge is 2.17. The fourth-order valence-corrected chi connectivity index (χ4v) is 2.66. The number of benzene rings is 1. The third-order valence-electron chi connectivity index (χ3n) is 3.52. The molecule has 1 aromatic heterocycles. The Hall–Kier alpha value is -1.81. The molecule has 1 aliphatic rings. The monoisotopic (exact) mass is 257 g/mol.